The van der Waals surface area contributed by atoms with Crippen LogP contribution in [-0.2, 0) is 4.79 Å². The molecule has 4 heterocycles. The number of benzene rings is 2. The molecule has 0 saturated carbocycles. The van der Waals surface area contributed by atoms with Gasteiger partial charge < -0.3 is 19.8 Å². The molecule has 8 heteroatoms. The second-order valence-electron chi connectivity index (χ2n) is 7.25. The number of carbonyl (C=O) groups excluding carboxylic acids is 1. The van der Waals surface area contributed by atoms with E-state index < -0.39 is 0 Å². The van der Waals surface area contributed by atoms with Gasteiger partial charge in [0.1, 0.15) is 5.82 Å². The molecule has 0 spiro atoms. The van der Waals surface area contributed by atoms with Crippen LogP contribution >= 0.6 is 0 Å². The van der Waals surface area contributed by atoms with Gasteiger partial charge in [0.2, 0.25) is 18.6 Å². The number of aromatic nitrogens is 4. The molecule has 1 atom stereocenters. The number of ether oxygens (including phenoxy) is 2. The first kappa shape index (κ1) is 16.2. The minimum absolute atomic E-state index is 0.0579. The number of hydrogen-bond donors (Lipinski definition) is 2. The smallest absolute Gasteiger partial charge is 0.231 e. The van der Waals surface area contributed by atoms with Crippen molar-refractivity contribution >= 4 is 22.8 Å². The Morgan fingerprint density at radius 1 is 1.14 bits per heavy atom. The van der Waals surface area contributed by atoms with Gasteiger partial charge in [0.25, 0.3) is 0 Å². The number of aryl methyl sites for hydroxylation is 1. The molecule has 144 valence electrons. The summed E-state index contributed by atoms with van der Waals surface area (Å²) in [5.74, 6) is 2.48. The molecule has 0 fully saturated rings. The lowest BCUT2D eigenvalue weighted by molar-refractivity contribution is -0.116. The molecular weight excluding hydrogens is 370 g/mol. The molecule has 2 N–H and O–H groups in total. The molecule has 0 radical (unpaired) electrons. The van der Waals surface area contributed by atoms with Crippen LogP contribution in [0.4, 0.5) is 5.82 Å². The molecule has 0 bridgehead atoms. The lowest BCUT2D eigenvalue weighted by Crippen LogP contribution is -2.25. The van der Waals surface area contributed by atoms with E-state index in [4.69, 9.17) is 14.6 Å². The van der Waals surface area contributed by atoms with Crippen LogP contribution in [0.25, 0.3) is 17.0 Å². The van der Waals surface area contributed by atoms with Crippen LogP contribution in [0.5, 0.6) is 11.5 Å². The predicted octanol–water partition coefficient (Wildman–Crippen LogP) is 3.26. The van der Waals surface area contributed by atoms with E-state index in [0.717, 1.165) is 33.6 Å². The number of fused-ring (bicyclic) bond motifs is 3. The molecule has 1 unspecified atom stereocenters. The fourth-order valence-electron chi connectivity index (χ4n) is 4.15. The second-order valence-corrected chi connectivity index (χ2v) is 7.25. The summed E-state index contributed by atoms with van der Waals surface area (Å²) in [7, 11) is 0. The quantitative estimate of drug-likeness (QED) is 0.551. The van der Waals surface area contributed by atoms with Crippen molar-refractivity contribution in [2.24, 2.45) is 0 Å². The van der Waals surface area contributed by atoms with Gasteiger partial charge in [-0.25, -0.2) is 4.98 Å². The van der Waals surface area contributed by atoms with Crippen molar-refractivity contribution in [1.29, 1.82) is 0 Å². The highest BCUT2D eigenvalue weighted by molar-refractivity contribution is 5.95. The zero-order valence-electron chi connectivity index (χ0n) is 15.6. The van der Waals surface area contributed by atoms with Crippen molar-refractivity contribution in [3.05, 3.63) is 59.3 Å². The third-order valence-corrected chi connectivity index (χ3v) is 5.48. The summed E-state index contributed by atoms with van der Waals surface area (Å²) >= 11 is 0. The van der Waals surface area contributed by atoms with E-state index in [-0.39, 0.29) is 18.6 Å². The highest BCUT2D eigenvalue weighted by Gasteiger charge is 2.34. The third-order valence-electron chi connectivity index (χ3n) is 5.48. The van der Waals surface area contributed by atoms with E-state index in [1.807, 2.05) is 49.4 Å². The van der Waals surface area contributed by atoms with Crippen LogP contribution in [0.1, 0.15) is 29.2 Å². The fraction of sp³-hybridized carbons (Fsp3) is 0.190. The lowest BCUT2D eigenvalue weighted by Gasteiger charge is -2.24. The zero-order chi connectivity index (χ0) is 19.5. The van der Waals surface area contributed by atoms with Crippen molar-refractivity contribution in [2.45, 2.75) is 19.3 Å². The summed E-state index contributed by atoms with van der Waals surface area (Å²) in [4.78, 5) is 20.5. The summed E-state index contributed by atoms with van der Waals surface area (Å²) in [6, 6.07) is 13.6. The number of anilines is 1. The number of hydrogen-bond acceptors (Lipinski definition) is 5. The molecule has 6 rings (SSSR count). The van der Waals surface area contributed by atoms with E-state index >= 15 is 0 Å². The monoisotopic (exact) mass is 387 g/mol. The van der Waals surface area contributed by atoms with Gasteiger partial charge in [-0.05, 0) is 36.8 Å². The van der Waals surface area contributed by atoms with Gasteiger partial charge >= 0.3 is 0 Å². The molecule has 4 aromatic rings. The Labute approximate surface area is 165 Å². The Morgan fingerprint density at radius 2 is 2.00 bits per heavy atom. The fourth-order valence-corrected chi connectivity index (χ4v) is 4.15. The zero-order valence-corrected chi connectivity index (χ0v) is 15.6. The molecule has 8 nitrogen and oxygen atoms in total. The molecule has 29 heavy (non-hydrogen) atoms. The largest absolute Gasteiger partial charge is 0.454 e. The SMILES string of the molecule is Cc1nn(-c2nc3ccccc3[nH]2)c2c1C(c1ccc3c(c1)OCO3)CC(=O)N2. The molecule has 1 amide bonds. The molecule has 2 aliphatic heterocycles. The minimum atomic E-state index is -0.119. The Kier molecular flexibility index (Phi) is 3.26. The van der Waals surface area contributed by atoms with Crippen LogP contribution < -0.4 is 14.8 Å². The molecule has 2 aromatic heterocycles. The number of imidazole rings is 1. The first-order chi connectivity index (χ1) is 14.2. The average molecular weight is 387 g/mol. The third kappa shape index (κ3) is 2.42. The maximum atomic E-state index is 12.6. The van der Waals surface area contributed by atoms with E-state index in [9.17, 15) is 4.79 Å². The van der Waals surface area contributed by atoms with Gasteiger partial charge in [0.05, 0.1) is 16.7 Å². The number of carbonyl (C=O) groups is 1. The van der Waals surface area contributed by atoms with Crippen molar-refractivity contribution < 1.29 is 14.3 Å². The number of H-pyrrole nitrogens is 1. The van der Waals surface area contributed by atoms with Gasteiger partial charge in [-0.2, -0.15) is 9.78 Å². The summed E-state index contributed by atoms with van der Waals surface area (Å²) in [5, 5.41) is 7.68. The van der Waals surface area contributed by atoms with Crippen LogP contribution in [0.2, 0.25) is 0 Å². The highest BCUT2D eigenvalue weighted by Crippen LogP contribution is 2.43. The Balaban J connectivity index is 1.50. The molecule has 2 aliphatic rings. The van der Waals surface area contributed by atoms with Crippen LogP contribution in [0.3, 0.4) is 0 Å². The first-order valence-electron chi connectivity index (χ1n) is 9.41. The Morgan fingerprint density at radius 3 is 2.90 bits per heavy atom. The van der Waals surface area contributed by atoms with Gasteiger partial charge in [-0.3, -0.25) is 4.79 Å². The second kappa shape index (κ2) is 5.84. The van der Waals surface area contributed by atoms with Crippen LogP contribution in [0.15, 0.2) is 42.5 Å². The maximum absolute atomic E-state index is 12.6. The number of aromatic amines is 1. The number of para-hydroxylation sites is 2. The number of nitrogens with zero attached hydrogens (tertiary/aromatic N) is 3. The Bertz CT molecular complexity index is 1260. The van der Waals surface area contributed by atoms with E-state index in [1.165, 1.54) is 0 Å². The summed E-state index contributed by atoms with van der Waals surface area (Å²) in [6.45, 7) is 2.17. The predicted molar refractivity (Wildman–Crippen MR) is 106 cm³/mol. The van der Waals surface area contributed by atoms with Crippen molar-refractivity contribution in [3.63, 3.8) is 0 Å². The number of nitrogens with one attached hydrogen (secondary N) is 2. The standard InChI is InChI=1S/C21H17N5O3/c1-11-19-13(12-6-7-16-17(8-12)29-10-28-16)9-18(27)24-20(19)26(25-11)21-22-14-4-2-3-5-15(14)23-21/h2-8,13H,9-10H2,1H3,(H,22,23)(H,24,27). The summed E-state index contributed by atoms with van der Waals surface area (Å²) in [6.07, 6.45) is 0.347. The highest BCUT2D eigenvalue weighted by atomic mass is 16.7. The van der Waals surface area contributed by atoms with Gasteiger partial charge in [0.15, 0.2) is 11.5 Å². The van der Waals surface area contributed by atoms with Crippen LogP contribution in [-0.4, -0.2) is 32.4 Å². The van der Waals surface area contributed by atoms with Gasteiger partial charge in [0, 0.05) is 17.9 Å². The van der Waals surface area contributed by atoms with Crippen molar-refractivity contribution in [3.8, 4) is 17.4 Å². The normalized spacial score (nSPS) is 17.4. The molecule has 0 saturated heterocycles. The lowest BCUT2D eigenvalue weighted by atomic mass is 9.85. The minimum Gasteiger partial charge on any atom is -0.454 e. The average Bonchev–Trinajstić information content (AvgIpc) is 3.43. The molecular formula is C21H17N5O3. The summed E-state index contributed by atoms with van der Waals surface area (Å²) < 4.78 is 12.6. The van der Waals surface area contributed by atoms with Crippen LogP contribution in [0, 0.1) is 6.92 Å². The van der Waals surface area contributed by atoms with E-state index in [0.29, 0.717) is 23.9 Å². The maximum Gasteiger partial charge on any atom is 0.231 e. The van der Waals surface area contributed by atoms with Crippen molar-refractivity contribution in [1.82, 2.24) is 19.7 Å². The first-order valence-corrected chi connectivity index (χ1v) is 9.41. The van der Waals surface area contributed by atoms with E-state index in [2.05, 4.69) is 15.3 Å². The van der Waals surface area contributed by atoms with Gasteiger partial charge in [-0.15, -0.1) is 0 Å². The number of rotatable bonds is 2. The molecule has 2 aromatic carbocycles. The van der Waals surface area contributed by atoms with Gasteiger partial charge in [-0.1, -0.05) is 18.2 Å². The number of amides is 1. The molecule has 0 aliphatic carbocycles. The summed E-state index contributed by atoms with van der Waals surface area (Å²) in [5.41, 5.74) is 4.60. The van der Waals surface area contributed by atoms with Crippen molar-refractivity contribution in [2.75, 3.05) is 12.1 Å². The Hall–Kier alpha value is -3.81. The topological polar surface area (TPSA) is 94.1 Å². The van der Waals surface area contributed by atoms with E-state index in [1.54, 1.807) is 4.68 Å².